The predicted molar refractivity (Wildman–Crippen MR) is 48.0 cm³/mol. The van der Waals surface area contributed by atoms with E-state index in [2.05, 4.69) is 26.1 Å². The molecule has 0 aliphatic carbocycles. The van der Waals surface area contributed by atoms with Crippen LogP contribution in [0.2, 0.25) is 0 Å². The molecule has 1 aliphatic rings. The monoisotopic (exact) mass is 266 g/mol. The van der Waals surface area contributed by atoms with Crippen LogP contribution in [0.3, 0.4) is 0 Å². The average Bonchev–Trinajstić information content (AvgIpc) is 2.56. The van der Waals surface area contributed by atoms with Gasteiger partial charge in [-0.2, -0.15) is 0 Å². The fourth-order valence-corrected chi connectivity index (χ4v) is 3.35. The van der Waals surface area contributed by atoms with Gasteiger partial charge < -0.3 is 4.42 Å². The highest BCUT2D eigenvalue weighted by atomic mass is 79.9. The number of nitrogens with zero attached hydrogens (tertiary/aromatic N) is 2. The van der Waals surface area contributed by atoms with Gasteiger partial charge in [-0.05, 0) is 6.42 Å². The van der Waals surface area contributed by atoms with E-state index in [1.54, 1.807) is 0 Å². The summed E-state index contributed by atoms with van der Waals surface area (Å²) in [5, 5.41) is 7.35. The number of halogens is 1. The summed E-state index contributed by atoms with van der Waals surface area (Å²) in [6.07, 6.45) is 0.580. The zero-order valence-electron chi connectivity index (χ0n) is 6.60. The quantitative estimate of drug-likeness (QED) is 0.750. The van der Waals surface area contributed by atoms with Crippen LogP contribution in [-0.2, 0) is 9.84 Å². The summed E-state index contributed by atoms with van der Waals surface area (Å²) in [4.78, 5) is 0.298. The van der Waals surface area contributed by atoms with Crippen molar-refractivity contribution >= 4 is 25.8 Å². The number of rotatable bonds is 1. The lowest BCUT2D eigenvalue weighted by Crippen LogP contribution is -2.03. The van der Waals surface area contributed by atoms with E-state index in [9.17, 15) is 8.42 Å². The smallest absolute Gasteiger partial charge is 0.284 e. The second kappa shape index (κ2) is 3.06. The fraction of sp³-hybridized carbons (Fsp3) is 0.667. The molecular formula is C6H7BrN2O3S. The van der Waals surface area contributed by atoms with Gasteiger partial charge in [-0.3, -0.25) is 0 Å². The molecule has 0 bridgehead atoms. The molecule has 1 unspecified atom stereocenters. The largest absolute Gasteiger partial charge is 0.415 e. The number of hydrogen-bond donors (Lipinski definition) is 0. The highest BCUT2D eigenvalue weighted by Crippen LogP contribution is 2.28. The Hall–Kier alpha value is -0.430. The lowest BCUT2D eigenvalue weighted by Gasteiger charge is -1.97. The van der Waals surface area contributed by atoms with E-state index in [0.29, 0.717) is 17.1 Å². The molecule has 72 valence electrons. The fourth-order valence-electron chi connectivity index (χ4n) is 1.37. The summed E-state index contributed by atoms with van der Waals surface area (Å²) in [6.45, 7) is 0. The van der Waals surface area contributed by atoms with Crippen molar-refractivity contribution in [2.24, 2.45) is 0 Å². The van der Waals surface area contributed by atoms with Gasteiger partial charge in [-0.1, -0.05) is 0 Å². The van der Waals surface area contributed by atoms with Crippen LogP contribution in [-0.4, -0.2) is 30.1 Å². The summed E-state index contributed by atoms with van der Waals surface area (Å²) < 4.78 is 27.3. The molecule has 0 saturated carbocycles. The Morgan fingerprint density at radius 2 is 2.23 bits per heavy atom. The van der Waals surface area contributed by atoms with Gasteiger partial charge in [0.2, 0.25) is 5.89 Å². The van der Waals surface area contributed by atoms with Crippen molar-refractivity contribution in [2.45, 2.75) is 12.3 Å². The summed E-state index contributed by atoms with van der Waals surface area (Å²) >= 11 is 3.02. The third-order valence-electron chi connectivity index (χ3n) is 2.00. The van der Waals surface area contributed by atoms with Gasteiger partial charge in [-0.15, -0.1) is 10.2 Å². The molecule has 13 heavy (non-hydrogen) atoms. The minimum atomic E-state index is -2.88. The molecule has 1 aromatic heterocycles. The SMILES string of the molecule is O=S1(=O)CCC(c2nnc(Br)o2)C1. The zero-order chi connectivity index (χ0) is 9.47. The Kier molecular flexibility index (Phi) is 2.15. The third-order valence-corrected chi connectivity index (χ3v) is 4.09. The molecule has 1 aliphatic heterocycles. The first-order chi connectivity index (χ1) is 6.07. The second-order valence-electron chi connectivity index (χ2n) is 2.99. The molecule has 5 nitrogen and oxygen atoms in total. The Morgan fingerprint density at radius 1 is 1.46 bits per heavy atom. The molecule has 0 amide bonds. The van der Waals surface area contributed by atoms with E-state index >= 15 is 0 Å². The Morgan fingerprint density at radius 3 is 2.69 bits per heavy atom. The lowest BCUT2D eigenvalue weighted by molar-refractivity contribution is 0.443. The molecule has 1 atom stereocenters. The van der Waals surface area contributed by atoms with Crippen LogP contribution in [0, 0.1) is 0 Å². The number of aromatic nitrogens is 2. The van der Waals surface area contributed by atoms with Gasteiger partial charge in [0.1, 0.15) is 0 Å². The number of hydrogen-bond acceptors (Lipinski definition) is 5. The molecular weight excluding hydrogens is 260 g/mol. The van der Waals surface area contributed by atoms with Gasteiger partial charge in [0.15, 0.2) is 9.84 Å². The van der Waals surface area contributed by atoms with Crippen LogP contribution in [0.1, 0.15) is 18.2 Å². The molecule has 2 rings (SSSR count). The lowest BCUT2D eigenvalue weighted by atomic mass is 10.1. The average molecular weight is 267 g/mol. The van der Waals surface area contributed by atoms with Crippen molar-refractivity contribution in [1.82, 2.24) is 10.2 Å². The van der Waals surface area contributed by atoms with Crippen molar-refractivity contribution in [1.29, 1.82) is 0 Å². The maximum absolute atomic E-state index is 11.1. The molecule has 0 aromatic carbocycles. The van der Waals surface area contributed by atoms with Crippen molar-refractivity contribution in [3.8, 4) is 0 Å². The Balaban J connectivity index is 2.21. The van der Waals surface area contributed by atoms with Crippen LogP contribution in [0.25, 0.3) is 0 Å². The standard InChI is InChI=1S/C6H7BrN2O3S/c7-6-9-8-5(12-6)4-1-2-13(10,11)3-4/h4H,1-3H2. The highest BCUT2D eigenvalue weighted by Gasteiger charge is 2.32. The van der Waals surface area contributed by atoms with E-state index in [1.165, 1.54) is 0 Å². The topological polar surface area (TPSA) is 73.1 Å². The second-order valence-corrected chi connectivity index (χ2v) is 5.90. The molecule has 1 aromatic rings. The first kappa shape index (κ1) is 9.14. The number of sulfone groups is 1. The van der Waals surface area contributed by atoms with Crippen LogP contribution in [0.5, 0.6) is 0 Å². The maximum atomic E-state index is 11.1. The van der Waals surface area contributed by atoms with Gasteiger partial charge >= 0.3 is 0 Å². The van der Waals surface area contributed by atoms with Crippen LogP contribution in [0.15, 0.2) is 9.22 Å². The predicted octanol–water partition coefficient (Wildman–Crippen LogP) is 0.734. The van der Waals surface area contributed by atoms with Crippen molar-refractivity contribution in [2.75, 3.05) is 11.5 Å². The first-order valence-corrected chi connectivity index (χ1v) is 6.37. The minimum Gasteiger partial charge on any atom is -0.415 e. The van der Waals surface area contributed by atoms with Crippen molar-refractivity contribution in [3.05, 3.63) is 10.7 Å². The molecule has 7 heteroatoms. The van der Waals surface area contributed by atoms with E-state index in [0.717, 1.165) is 0 Å². The molecule has 1 fully saturated rings. The maximum Gasteiger partial charge on any atom is 0.284 e. The van der Waals surface area contributed by atoms with E-state index in [-0.39, 0.29) is 17.4 Å². The molecule has 0 N–H and O–H groups in total. The van der Waals surface area contributed by atoms with E-state index < -0.39 is 9.84 Å². The first-order valence-electron chi connectivity index (χ1n) is 3.76. The normalized spacial score (nSPS) is 26.4. The van der Waals surface area contributed by atoms with Crippen LogP contribution in [0.4, 0.5) is 0 Å². The van der Waals surface area contributed by atoms with Crippen LogP contribution < -0.4 is 0 Å². The van der Waals surface area contributed by atoms with Gasteiger partial charge in [-0.25, -0.2) is 8.42 Å². The highest BCUT2D eigenvalue weighted by molar-refractivity contribution is 9.10. The van der Waals surface area contributed by atoms with Crippen LogP contribution >= 0.6 is 15.9 Å². The van der Waals surface area contributed by atoms with Crippen molar-refractivity contribution in [3.63, 3.8) is 0 Å². The molecule has 0 spiro atoms. The Labute approximate surface area is 83.6 Å². The summed E-state index contributed by atoms with van der Waals surface area (Å²) in [5.41, 5.74) is 0. The molecule has 0 radical (unpaired) electrons. The molecule has 2 heterocycles. The van der Waals surface area contributed by atoms with Gasteiger partial charge in [0.05, 0.1) is 17.4 Å². The summed E-state index contributed by atoms with van der Waals surface area (Å²) in [7, 11) is -2.88. The summed E-state index contributed by atoms with van der Waals surface area (Å²) in [5.74, 6) is 0.635. The van der Waals surface area contributed by atoms with Gasteiger partial charge in [0.25, 0.3) is 4.80 Å². The zero-order valence-corrected chi connectivity index (χ0v) is 9.01. The molecule has 1 saturated heterocycles. The van der Waals surface area contributed by atoms with Crippen molar-refractivity contribution < 1.29 is 12.8 Å². The third kappa shape index (κ3) is 1.91. The van der Waals surface area contributed by atoms with E-state index in [1.807, 2.05) is 0 Å². The van der Waals surface area contributed by atoms with Gasteiger partial charge in [0, 0.05) is 15.9 Å². The Bertz CT molecular complexity index is 413. The summed E-state index contributed by atoms with van der Waals surface area (Å²) in [6, 6.07) is 0. The minimum absolute atomic E-state index is 0.121. The van der Waals surface area contributed by atoms with E-state index in [4.69, 9.17) is 4.42 Å².